The maximum Gasteiger partial charge on any atom is 0.261 e. The zero-order valence-electron chi connectivity index (χ0n) is 11.8. The van der Waals surface area contributed by atoms with Crippen LogP contribution in [0, 0.1) is 5.82 Å². The molecule has 2 aromatic carbocycles. The molecule has 4 nitrogen and oxygen atoms in total. The van der Waals surface area contributed by atoms with E-state index in [0.29, 0.717) is 16.7 Å². The average Bonchev–Trinajstić information content (AvgIpc) is 2.75. The SMILES string of the molecule is N[C@H](Cc1ccccc1F)CN1C(=O)c2ccccc2C1=O. The Morgan fingerprint density at radius 1 is 0.955 bits per heavy atom. The number of hydrogen-bond acceptors (Lipinski definition) is 3. The molecule has 0 aliphatic carbocycles. The van der Waals surface area contributed by atoms with Crippen LogP contribution in [0.5, 0.6) is 0 Å². The highest BCUT2D eigenvalue weighted by Crippen LogP contribution is 2.22. The molecule has 0 unspecified atom stereocenters. The van der Waals surface area contributed by atoms with Gasteiger partial charge in [0.1, 0.15) is 5.82 Å². The highest BCUT2D eigenvalue weighted by molar-refractivity contribution is 6.21. The Morgan fingerprint density at radius 3 is 2.09 bits per heavy atom. The van der Waals surface area contributed by atoms with E-state index in [0.717, 1.165) is 4.90 Å². The van der Waals surface area contributed by atoms with Crippen molar-refractivity contribution in [3.05, 3.63) is 71.0 Å². The summed E-state index contributed by atoms with van der Waals surface area (Å²) in [7, 11) is 0. The molecule has 0 bridgehead atoms. The van der Waals surface area contributed by atoms with Gasteiger partial charge in [-0.25, -0.2) is 4.39 Å². The van der Waals surface area contributed by atoms with Gasteiger partial charge in [0.05, 0.1) is 11.1 Å². The normalized spacial score (nSPS) is 15.1. The predicted octanol–water partition coefficient (Wildman–Crippen LogP) is 1.99. The Balaban J connectivity index is 1.73. The van der Waals surface area contributed by atoms with Crippen LogP contribution in [0.1, 0.15) is 26.3 Å². The van der Waals surface area contributed by atoms with Crippen LogP contribution >= 0.6 is 0 Å². The molecule has 0 radical (unpaired) electrons. The molecule has 112 valence electrons. The molecule has 3 rings (SSSR count). The van der Waals surface area contributed by atoms with Crippen molar-refractivity contribution >= 4 is 11.8 Å². The first-order valence-electron chi connectivity index (χ1n) is 7.02. The van der Waals surface area contributed by atoms with Crippen molar-refractivity contribution in [2.24, 2.45) is 5.73 Å². The summed E-state index contributed by atoms with van der Waals surface area (Å²) in [5.74, 6) is -1.02. The molecular weight excluding hydrogens is 283 g/mol. The number of nitrogens with zero attached hydrogens (tertiary/aromatic N) is 1. The van der Waals surface area contributed by atoms with Crippen molar-refractivity contribution in [3.63, 3.8) is 0 Å². The summed E-state index contributed by atoms with van der Waals surface area (Å²) in [5, 5.41) is 0. The van der Waals surface area contributed by atoms with Gasteiger partial charge in [0.25, 0.3) is 11.8 Å². The van der Waals surface area contributed by atoms with Crippen LogP contribution in [0.2, 0.25) is 0 Å². The smallest absolute Gasteiger partial charge is 0.261 e. The summed E-state index contributed by atoms with van der Waals surface area (Å²) < 4.78 is 13.6. The van der Waals surface area contributed by atoms with Gasteiger partial charge in [0, 0.05) is 12.6 Å². The van der Waals surface area contributed by atoms with E-state index in [9.17, 15) is 14.0 Å². The molecule has 0 saturated carbocycles. The van der Waals surface area contributed by atoms with E-state index < -0.39 is 6.04 Å². The van der Waals surface area contributed by atoms with Crippen LogP contribution in [0.4, 0.5) is 4.39 Å². The van der Waals surface area contributed by atoms with Gasteiger partial charge < -0.3 is 5.73 Å². The number of carbonyl (C=O) groups is 2. The molecule has 1 aliphatic rings. The molecule has 0 aromatic heterocycles. The van der Waals surface area contributed by atoms with Gasteiger partial charge in [-0.1, -0.05) is 30.3 Å². The summed E-state index contributed by atoms with van der Waals surface area (Å²) >= 11 is 0. The molecule has 1 atom stereocenters. The average molecular weight is 298 g/mol. The van der Waals surface area contributed by atoms with E-state index in [1.165, 1.54) is 6.07 Å². The van der Waals surface area contributed by atoms with E-state index in [2.05, 4.69) is 0 Å². The number of imide groups is 1. The van der Waals surface area contributed by atoms with E-state index in [4.69, 9.17) is 5.73 Å². The van der Waals surface area contributed by atoms with Crippen molar-refractivity contribution < 1.29 is 14.0 Å². The lowest BCUT2D eigenvalue weighted by Crippen LogP contribution is -2.42. The quantitative estimate of drug-likeness (QED) is 0.878. The summed E-state index contributed by atoms with van der Waals surface area (Å²) in [6, 6.07) is 12.5. The molecule has 2 aromatic rings. The number of halogens is 1. The molecule has 0 fully saturated rings. The predicted molar refractivity (Wildman–Crippen MR) is 79.9 cm³/mol. The van der Waals surface area contributed by atoms with Crippen LogP contribution in [0.15, 0.2) is 48.5 Å². The second-order valence-corrected chi connectivity index (χ2v) is 5.32. The fourth-order valence-corrected chi connectivity index (χ4v) is 2.65. The monoisotopic (exact) mass is 298 g/mol. The number of benzene rings is 2. The lowest BCUT2D eigenvalue weighted by Gasteiger charge is -2.19. The minimum atomic E-state index is -0.515. The summed E-state index contributed by atoms with van der Waals surface area (Å²) in [4.78, 5) is 25.6. The molecule has 2 amide bonds. The van der Waals surface area contributed by atoms with Crippen LogP contribution in [0.3, 0.4) is 0 Å². The third-order valence-electron chi connectivity index (χ3n) is 3.74. The van der Waals surface area contributed by atoms with Gasteiger partial charge in [0.2, 0.25) is 0 Å². The number of rotatable bonds is 4. The van der Waals surface area contributed by atoms with Crippen LogP contribution in [-0.4, -0.2) is 29.3 Å². The molecule has 2 N–H and O–H groups in total. The maximum absolute atomic E-state index is 13.6. The first-order valence-corrected chi connectivity index (χ1v) is 7.02. The second kappa shape index (κ2) is 5.69. The molecular formula is C17H15FN2O2. The molecule has 0 saturated heterocycles. The lowest BCUT2D eigenvalue weighted by molar-refractivity contribution is 0.0644. The minimum absolute atomic E-state index is 0.0701. The van der Waals surface area contributed by atoms with Crippen molar-refractivity contribution in [2.75, 3.05) is 6.54 Å². The van der Waals surface area contributed by atoms with Gasteiger partial charge in [-0.05, 0) is 30.2 Å². The first kappa shape index (κ1) is 14.4. The Morgan fingerprint density at radius 2 is 1.50 bits per heavy atom. The number of amides is 2. The molecule has 1 aliphatic heterocycles. The van der Waals surface area contributed by atoms with Crippen molar-refractivity contribution in [1.82, 2.24) is 4.90 Å². The van der Waals surface area contributed by atoms with Crippen LogP contribution in [0.25, 0.3) is 0 Å². The third kappa shape index (κ3) is 2.51. The van der Waals surface area contributed by atoms with Gasteiger partial charge in [-0.2, -0.15) is 0 Å². The Kier molecular flexibility index (Phi) is 3.73. The highest BCUT2D eigenvalue weighted by Gasteiger charge is 2.35. The summed E-state index contributed by atoms with van der Waals surface area (Å²) in [5.41, 5.74) is 7.27. The molecule has 5 heteroatoms. The zero-order chi connectivity index (χ0) is 15.7. The standard InChI is InChI=1S/C17H15FN2O2/c18-15-8-4-1-5-11(15)9-12(19)10-20-16(21)13-6-2-3-7-14(13)17(20)22/h1-8,12H,9-10,19H2/t12-/m1/s1. The van der Waals surface area contributed by atoms with Crippen molar-refractivity contribution in [2.45, 2.75) is 12.5 Å². The second-order valence-electron chi connectivity index (χ2n) is 5.32. The number of carbonyl (C=O) groups excluding carboxylic acids is 2. The van der Waals surface area contributed by atoms with E-state index in [1.54, 1.807) is 42.5 Å². The maximum atomic E-state index is 13.6. The minimum Gasteiger partial charge on any atom is -0.326 e. The van der Waals surface area contributed by atoms with Gasteiger partial charge >= 0.3 is 0 Å². The fourth-order valence-electron chi connectivity index (χ4n) is 2.65. The number of nitrogens with two attached hydrogens (primary N) is 1. The van der Waals surface area contributed by atoms with Gasteiger partial charge in [-0.3, -0.25) is 14.5 Å². The third-order valence-corrected chi connectivity index (χ3v) is 3.74. The lowest BCUT2D eigenvalue weighted by atomic mass is 10.1. The molecule has 22 heavy (non-hydrogen) atoms. The van der Waals surface area contributed by atoms with Crippen molar-refractivity contribution in [3.8, 4) is 0 Å². The fraction of sp³-hybridized carbons (Fsp3) is 0.176. The largest absolute Gasteiger partial charge is 0.326 e. The van der Waals surface area contributed by atoms with Gasteiger partial charge in [0.15, 0.2) is 0 Å². The molecule has 0 spiro atoms. The van der Waals surface area contributed by atoms with Crippen LogP contribution in [-0.2, 0) is 6.42 Å². The summed E-state index contributed by atoms with van der Waals surface area (Å²) in [6.07, 6.45) is 0.264. The first-order chi connectivity index (χ1) is 10.6. The number of fused-ring (bicyclic) bond motifs is 1. The van der Waals surface area contributed by atoms with Gasteiger partial charge in [-0.15, -0.1) is 0 Å². The number of hydrogen-bond donors (Lipinski definition) is 1. The van der Waals surface area contributed by atoms with E-state index in [-0.39, 0.29) is 30.6 Å². The van der Waals surface area contributed by atoms with E-state index in [1.807, 2.05) is 0 Å². The Hall–Kier alpha value is -2.53. The Labute approximate surface area is 127 Å². The zero-order valence-corrected chi connectivity index (χ0v) is 11.8. The van der Waals surface area contributed by atoms with Crippen LogP contribution < -0.4 is 5.73 Å². The Bertz CT molecular complexity index is 710. The van der Waals surface area contributed by atoms with E-state index >= 15 is 0 Å². The highest BCUT2D eigenvalue weighted by atomic mass is 19.1. The van der Waals surface area contributed by atoms with Crippen molar-refractivity contribution in [1.29, 1.82) is 0 Å². The molecule has 1 heterocycles. The topological polar surface area (TPSA) is 63.4 Å². The summed E-state index contributed by atoms with van der Waals surface area (Å²) in [6.45, 7) is 0.0701.